The SMILES string of the molecule is CN1CCN(Cc2cnc(Nc3ncc(-c4ccnc(OC5CCC6(CC5)COC6)n4)s3)nc2)CC1. The molecule has 0 aromatic carbocycles. The predicted molar refractivity (Wildman–Crippen MR) is 137 cm³/mol. The highest BCUT2D eigenvalue weighted by Gasteiger charge is 2.42. The first-order valence-corrected chi connectivity index (χ1v) is 13.5. The lowest BCUT2D eigenvalue weighted by Crippen LogP contribution is -2.46. The van der Waals surface area contributed by atoms with Gasteiger partial charge in [0.25, 0.3) is 0 Å². The number of rotatable bonds is 7. The number of aromatic nitrogens is 5. The zero-order chi connectivity index (χ0) is 24.4. The van der Waals surface area contributed by atoms with E-state index >= 15 is 0 Å². The Kier molecular flexibility index (Phi) is 6.79. The summed E-state index contributed by atoms with van der Waals surface area (Å²) in [6.07, 6.45) is 11.9. The van der Waals surface area contributed by atoms with E-state index in [4.69, 9.17) is 9.47 Å². The molecule has 0 atom stereocenters. The molecule has 11 heteroatoms. The summed E-state index contributed by atoms with van der Waals surface area (Å²) in [6, 6.07) is 2.32. The van der Waals surface area contributed by atoms with Crippen molar-refractivity contribution in [3.63, 3.8) is 0 Å². The summed E-state index contributed by atoms with van der Waals surface area (Å²) in [5, 5.41) is 3.93. The first kappa shape index (κ1) is 23.7. The highest BCUT2D eigenvalue weighted by molar-refractivity contribution is 7.18. The zero-order valence-corrected chi connectivity index (χ0v) is 21.4. The van der Waals surface area contributed by atoms with Crippen molar-refractivity contribution in [3.05, 3.63) is 36.4 Å². The van der Waals surface area contributed by atoms with Crippen molar-refractivity contribution in [3.8, 4) is 16.6 Å². The Labute approximate surface area is 215 Å². The molecular formula is C25H32N8O2S. The number of nitrogens with zero attached hydrogens (tertiary/aromatic N) is 7. The largest absolute Gasteiger partial charge is 0.460 e. The Morgan fingerprint density at radius 3 is 2.56 bits per heavy atom. The van der Waals surface area contributed by atoms with Gasteiger partial charge in [0.1, 0.15) is 6.10 Å². The highest BCUT2D eigenvalue weighted by Crippen LogP contribution is 2.43. The molecule has 3 aliphatic rings. The number of ether oxygens (including phenoxy) is 2. The van der Waals surface area contributed by atoms with E-state index in [1.54, 1.807) is 6.20 Å². The maximum atomic E-state index is 6.13. The van der Waals surface area contributed by atoms with Crippen molar-refractivity contribution in [1.82, 2.24) is 34.7 Å². The van der Waals surface area contributed by atoms with Crippen molar-refractivity contribution in [1.29, 1.82) is 0 Å². The fraction of sp³-hybridized carbons (Fsp3) is 0.560. The molecular weight excluding hydrogens is 476 g/mol. The second-order valence-electron chi connectivity index (χ2n) is 10.2. The summed E-state index contributed by atoms with van der Waals surface area (Å²) in [5.74, 6) is 0.539. The number of hydrogen-bond acceptors (Lipinski definition) is 11. The molecule has 0 bridgehead atoms. The van der Waals surface area contributed by atoms with Crippen LogP contribution in [0.1, 0.15) is 31.2 Å². The van der Waals surface area contributed by atoms with E-state index in [2.05, 4.69) is 47.1 Å². The number of nitrogens with one attached hydrogen (secondary N) is 1. The number of piperazine rings is 1. The molecule has 1 spiro atoms. The van der Waals surface area contributed by atoms with Gasteiger partial charge in [0.2, 0.25) is 5.95 Å². The van der Waals surface area contributed by atoms with Gasteiger partial charge in [-0.1, -0.05) is 11.3 Å². The molecule has 1 N–H and O–H groups in total. The first-order valence-electron chi connectivity index (χ1n) is 12.7. The maximum Gasteiger partial charge on any atom is 0.317 e. The quantitative estimate of drug-likeness (QED) is 0.512. The monoisotopic (exact) mass is 508 g/mol. The number of anilines is 2. The van der Waals surface area contributed by atoms with Gasteiger partial charge in [-0.15, -0.1) is 0 Å². The van der Waals surface area contributed by atoms with Crippen LogP contribution in [0.5, 0.6) is 6.01 Å². The predicted octanol–water partition coefficient (Wildman–Crippen LogP) is 3.22. The van der Waals surface area contributed by atoms with Gasteiger partial charge >= 0.3 is 6.01 Å². The number of thiazole rings is 1. The summed E-state index contributed by atoms with van der Waals surface area (Å²) < 4.78 is 11.6. The summed E-state index contributed by atoms with van der Waals surface area (Å²) in [4.78, 5) is 28.2. The minimum atomic E-state index is 0.168. The fourth-order valence-corrected chi connectivity index (χ4v) is 5.78. The second kappa shape index (κ2) is 10.3. The Bertz CT molecular complexity index is 1150. The molecule has 2 saturated heterocycles. The molecule has 3 aromatic heterocycles. The van der Waals surface area contributed by atoms with E-state index in [-0.39, 0.29) is 6.10 Å². The van der Waals surface area contributed by atoms with E-state index in [1.807, 2.05) is 24.7 Å². The van der Waals surface area contributed by atoms with Gasteiger partial charge in [-0.3, -0.25) is 4.90 Å². The third-order valence-corrected chi connectivity index (χ3v) is 8.33. The zero-order valence-electron chi connectivity index (χ0n) is 20.6. The first-order chi connectivity index (χ1) is 17.6. The van der Waals surface area contributed by atoms with E-state index in [1.165, 1.54) is 11.3 Å². The van der Waals surface area contributed by atoms with Crippen LogP contribution >= 0.6 is 11.3 Å². The molecule has 10 nitrogen and oxygen atoms in total. The van der Waals surface area contributed by atoms with Crippen LogP contribution in [0.15, 0.2) is 30.9 Å². The van der Waals surface area contributed by atoms with Gasteiger partial charge in [0, 0.05) is 68.5 Å². The van der Waals surface area contributed by atoms with Crippen LogP contribution in [-0.2, 0) is 11.3 Å². The van der Waals surface area contributed by atoms with E-state index in [0.29, 0.717) is 17.4 Å². The molecule has 0 radical (unpaired) electrons. The van der Waals surface area contributed by atoms with Crippen LogP contribution in [0, 0.1) is 5.41 Å². The smallest absolute Gasteiger partial charge is 0.317 e. The highest BCUT2D eigenvalue weighted by atomic mass is 32.1. The number of likely N-dealkylation sites (N-methyl/N-ethyl adjacent to an activating group) is 1. The third kappa shape index (κ3) is 5.49. The minimum Gasteiger partial charge on any atom is -0.460 e. The van der Waals surface area contributed by atoms with Crippen molar-refractivity contribution in [2.45, 2.75) is 38.3 Å². The van der Waals surface area contributed by atoms with Crippen LogP contribution in [0.25, 0.3) is 10.6 Å². The standard InChI is InChI=1S/C25H32N8O2S/c1-32-8-10-33(11-9-32)15-18-12-27-22(28-13-18)31-24-29-14-21(36-24)20-4-7-26-23(30-20)35-19-2-5-25(6-3-19)16-34-17-25/h4,7,12-14,19H,2-3,5-6,8-11,15-17H2,1H3,(H,27,28,29,31). The van der Waals surface area contributed by atoms with Gasteiger partial charge in [0.15, 0.2) is 5.13 Å². The van der Waals surface area contributed by atoms with Gasteiger partial charge in [-0.25, -0.2) is 19.9 Å². The topological polar surface area (TPSA) is 101 Å². The Balaban J connectivity index is 1.04. The van der Waals surface area contributed by atoms with Gasteiger partial charge in [0.05, 0.1) is 23.8 Å². The average Bonchev–Trinajstić information content (AvgIpc) is 3.35. The van der Waals surface area contributed by atoms with Crippen molar-refractivity contribution >= 4 is 22.4 Å². The Hall–Kier alpha value is -2.73. The van der Waals surface area contributed by atoms with E-state index < -0.39 is 0 Å². The lowest BCUT2D eigenvalue weighted by molar-refractivity contribution is -0.140. The van der Waals surface area contributed by atoms with E-state index in [9.17, 15) is 0 Å². The lowest BCUT2D eigenvalue weighted by atomic mass is 9.72. The molecule has 6 rings (SSSR count). The molecule has 3 fully saturated rings. The van der Waals surface area contributed by atoms with Crippen LogP contribution in [0.3, 0.4) is 0 Å². The Morgan fingerprint density at radius 2 is 1.83 bits per heavy atom. The van der Waals surface area contributed by atoms with Gasteiger partial charge < -0.3 is 19.7 Å². The molecule has 36 heavy (non-hydrogen) atoms. The molecule has 190 valence electrons. The van der Waals surface area contributed by atoms with Crippen LogP contribution in [0.4, 0.5) is 11.1 Å². The average molecular weight is 509 g/mol. The fourth-order valence-electron chi connectivity index (χ4n) is 5.00. The van der Waals surface area contributed by atoms with E-state index in [0.717, 1.165) is 92.9 Å². The summed E-state index contributed by atoms with van der Waals surface area (Å²) in [5.41, 5.74) is 2.32. The minimum absolute atomic E-state index is 0.168. The molecule has 5 heterocycles. The summed E-state index contributed by atoms with van der Waals surface area (Å²) in [6.45, 7) is 7.03. The van der Waals surface area contributed by atoms with Crippen LogP contribution in [-0.4, -0.2) is 87.3 Å². The summed E-state index contributed by atoms with van der Waals surface area (Å²) in [7, 11) is 2.17. The molecule has 3 aromatic rings. The van der Waals surface area contributed by atoms with Crippen molar-refractivity contribution < 1.29 is 9.47 Å². The molecule has 1 aliphatic carbocycles. The Morgan fingerprint density at radius 1 is 1.06 bits per heavy atom. The van der Waals surface area contributed by atoms with Crippen LogP contribution < -0.4 is 10.1 Å². The second-order valence-corrected chi connectivity index (χ2v) is 11.2. The van der Waals surface area contributed by atoms with Gasteiger partial charge in [-0.2, -0.15) is 4.98 Å². The molecule has 1 saturated carbocycles. The third-order valence-electron chi connectivity index (χ3n) is 7.40. The van der Waals surface area contributed by atoms with Crippen LogP contribution in [0.2, 0.25) is 0 Å². The van der Waals surface area contributed by atoms with Crippen molar-refractivity contribution in [2.75, 3.05) is 51.8 Å². The van der Waals surface area contributed by atoms with Gasteiger partial charge in [-0.05, 0) is 38.8 Å². The molecule has 2 aliphatic heterocycles. The normalized spacial score (nSPS) is 20.8. The molecule has 0 unspecified atom stereocenters. The number of hydrogen-bond donors (Lipinski definition) is 1. The summed E-state index contributed by atoms with van der Waals surface area (Å²) >= 11 is 1.50. The lowest BCUT2D eigenvalue weighted by Gasteiger charge is -2.45. The maximum absolute atomic E-state index is 6.13. The van der Waals surface area contributed by atoms with Crippen molar-refractivity contribution in [2.24, 2.45) is 5.41 Å². The molecule has 0 amide bonds.